The van der Waals surface area contributed by atoms with Crippen LogP contribution in [0.15, 0.2) is 97.3 Å². The van der Waals surface area contributed by atoms with E-state index in [0.717, 1.165) is 44.0 Å². The molecule has 0 aliphatic carbocycles. The lowest BCUT2D eigenvalue weighted by atomic mass is 9.95. The number of aromatic nitrogens is 2. The maximum atomic E-state index is 13.2. The second-order valence-electron chi connectivity index (χ2n) is 12.5. The molecule has 3 N–H and O–H groups in total. The largest absolute Gasteiger partial charge is 0.497 e. The fraction of sp³-hybridized carbons (Fsp3) is 0.237. The molecule has 2 unspecified atom stereocenters. The van der Waals surface area contributed by atoms with Crippen LogP contribution in [0.4, 0.5) is 0 Å². The van der Waals surface area contributed by atoms with Crippen molar-refractivity contribution in [1.82, 2.24) is 20.6 Å². The van der Waals surface area contributed by atoms with Gasteiger partial charge in [0.25, 0.3) is 5.91 Å². The number of amides is 2. The Bertz CT molecular complexity index is 1880. The number of methoxy groups -OCH3 is 1. The van der Waals surface area contributed by atoms with Gasteiger partial charge in [0.2, 0.25) is 5.91 Å². The Hall–Kier alpha value is -5.35. The van der Waals surface area contributed by atoms with Crippen molar-refractivity contribution in [1.29, 1.82) is 0 Å². The van der Waals surface area contributed by atoms with E-state index in [2.05, 4.69) is 53.5 Å². The molecule has 0 bridgehead atoms. The Kier molecular flexibility index (Phi) is 10.3. The quantitative estimate of drug-likeness (QED) is 0.142. The SMILES string of the molecule is COc1ccc(-c2ccc(-c3cnc(-c4ccc(CC(NC(=O)c5ccc(C(C)(C)C)s5)C(=O)NC(C)C(=O)O)cc4)nc3)cc2)cc1. The van der Waals surface area contributed by atoms with Gasteiger partial charge < -0.3 is 20.5 Å². The Morgan fingerprint density at radius 3 is 1.83 bits per heavy atom. The van der Waals surface area contributed by atoms with Crippen molar-refractivity contribution in [3.8, 4) is 39.4 Å². The van der Waals surface area contributed by atoms with E-state index >= 15 is 0 Å². The number of aliphatic carboxylic acids is 1. The molecule has 5 rings (SSSR count). The number of carboxylic acids is 1. The fourth-order valence-corrected chi connectivity index (χ4v) is 5.93. The molecule has 0 spiro atoms. The number of carboxylic acid groups (broad SMARTS) is 1. The van der Waals surface area contributed by atoms with Crippen LogP contribution in [0.5, 0.6) is 5.75 Å². The van der Waals surface area contributed by atoms with E-state index in [0.29, 0.717) is 10.7 Å². The summed E-state index contributed by atoms with van der Waals surface area (Å²) in [5.74, 6) is -0.771. The van der Waals surface area contributed by atoms with Gasteiger partial charge >= 0.3 is 5.97 Å². The van der Waals surface area contributed by atoms with Gasteiger partial charge in [0.15, 0.2) is 5.82 Å². The zero-order valence-electron chi connectivity index (χ0n) is 27.5. The third-order valence-electron chi connectivity index (χ3n) is 7.87. The molecule has 0 aliphatic heterocycles. The average molecular weight is 663 g/mol. The molecule has 2 aromatic heterocycles. The monoisotopic (exact) mass is 662 g/mol. The number of carbonyl (C=O) groups is 3. The second-order valence-corrected chi connectivity index (χ2v) is 13.6. The highest BCUT2D eigenvalue weighted by Crippen LogP contribution is 2.30. The van der Waals surface area contributed by atoms with Gasteiger partial charge in [-0.05, 0) is 58.9 Å². The molecule has 0 radical (unpaired) electrons. The van der Waals surface area contributed by atoms with Crippen LogP contribution in [0.3, 0.4) is 0 Å². The number of ether oxygens (including phenoxy) is 1. The summed E-state index contributed by atoms with van der Waals surface area (Å²) in [6, 6.07) is 25.1. The standard InChI is InChI=1S/C38H38N4O5S/c1-23(37(45)46)41-35(43)31(42-36(44)32-18-19-33(48-32)38(2,3)4)20-24-6-8-28(9-7-24)34-39-21-29(22-40-34)27-12-10-25(11-13-27)26-14-16-30(47-5)17-15-26/h6-19,21-23,31H,20H2,1-5H3,(H,41,43)(H,42,44)(H,45,46). The van der Waals surface area contributed by atoms with Gasteiger partial charge in [0.05, 0.1) is 12.0 Å². The van der Waals surface area contributed by atoms with Crippen molar-refractivity contribution in [2.45, 2.75) is 51.6 Å². The fourth-order valence-electron chi connectivity index (χ4n) is 4.97. The number of nitrogens with one attached hydrogen (secondary N) is 2. The van der Waals surface area contributed by atoms with E-state index < -0.39 is 24.0 Å². The number of rotatable bonds is 11. The molecule has 0 saturated carbocycles. The molecule has 2 atom stereocenters. The molecule has 48 heavy (non-hydrogen) atoms. The first-order chi connectivity index (χ1) is 22.9. The Balaban J connectivity index is 1.27. The van der Waals surface area contributed by atoms with Crippen LogP contribution in [-0.4, -0.2) is 52.1 Å². The summed E-state index contributed by atoms with van der Waals surface area (Å²) in [7, 11) is 1.65. The number of carbonyl (C=O) groups excluding carboxylic acids is 2. The first-order valence-electron chi connectivity index (χ1n) is 15.5. The summed E-state index contributed by atoms with van der Waals surface area (Å²) in [4.78, 5) is 48.4. The molecule has 246 valence electrons. The van der Waals surface area contributed by atoms with E-state index in [1.807, 2.05) is 66.7 Å². The molecule has 0 fully saturated rings. The normalized spacial score (nSPS) is 12.5. The molecule has 2 amide bonds. The number of benzene rings is 3. The maximum absolute atomic E-state index is 13.2. The number of hydrogen-bond acceptors (Lipinski definition) is 7. The smallest absolute Gasteiger partial charge is 0.325 e. The van der Waals surface area contributed by atoms with Crippen LogP contribution in [0.25, 0.3) is 33.6 Å². The van der Waals surface area contributed by atoms with E-state index in [-0.39, 0.29) is 17.7 Å². The summed E-state index contributed by atoms with van der Waals surface area (Å²) in [6.07, 6.45) is 3.73. The van der Waals surface area contributed by atoms with Crippen LogP contribution >= 0.6 is 11.3 Å². The van der Waals surface area contributed by atoms with Gasteiger partial charge in [0, 0.05) is 34.8 Å². The van der Waals surface area contributed by atoms with Gasteiger partial charge in [-0.3, -0.25) is 14.4 Å². The van der Waals surface area contributed by atoms with E-state index in [1.54, 1.807) is 25.6 Å². The first-order valence-corrected chi connectivity index (χ1v) is 16.3. The number of nitrogens with zero attached hydrogens (tertiary/aromatic N) is 2. The zero-order valence-corrected chi connectivity index (χ0v) is 28.3. The Morgan fingerprint density at radius 2 is 1.31 bits per heavy atom. The van der Waals surface area contributed by atoms with Crippen LogP contribution in [-0.2, 0) is 21.4 Å². The maximum Gasteiger partial charge on any atom is 0.325 e. The van der Waals surface area contributed by atoms with Crippen molar-refractivity contribution in [2.24, 2.45) is 0 Å². The van der Waals surface area contributed by atoms with Gasteiger partial charge in [-0.15, -0.1) is 11.3 Å². The lowest BCUT2D eigenvalue weighted by Crippen LogP contribution is -2.51. The molecule has 0 saturated heterocycles. The topological polar surface area (TPSA) is 131 Å². The van der Waals surface area contributed by atoms with Crippen LogP contribution in [0.1, 0.15) is 47.8 Å². The second kappa shape index (κ2) is 14.6. The molecule has 5 aromatic rings. The Morgan fingerprint density at radius 1 is 0.771 bits per heavy atom. The lowest BCUT2D eigenvalue weighted by Gasteiger charge is -2.20. The summed E-state index contributed by atoms with van der Waals surface area (Å²) in [5.41, 5.74) is 5.52. The molecule has 0 aliphatic rings. The third kappa shape index (κ3) is 8.32. The Labute approximate surface area is 284 Å². The number of hydrogen-bond donors (Lipinski definition) is 3. The molecule has 3 aromatic carbocycles. The van der Waals surface area contributed by atoms with Gasteiger partial charge in [-0.25, -0.2) is 9.97 Å². The van der Waals surface area contributed by atoms with Crippen molar-refractivity contribution >= 4 is 29.1 Å². The van der Waals surface area contributed by atoms with Crippen LogP contribution in [0.2, 0.25) is 0 Å². The van der Waals surface area contributed by atoms with Crippen LogP contribution in [0, 0.1) is 0 Å². The highest BCUT2D eigenvalue weighted by atomic mass is 32.1. The van der Waals surface area contributed by atoms with Gasteiger partial charge in [-0.1, -0.05) is 81.4 Å². The summed E-state index contributed by atoms with van der Waals surface area (Å²) >= 11 is 1.37. The predicted octanol–water partition coefficient (Wildman–Crippen LogP) is 6.78. The first kappa shape index (κ1) is 34.0. The predicted molar refractivity (Wildman–Crippen MR) is 188 cm³/mol. The molecular formula is C38H38N4O5S. The van der Waals surface area contributed by atoms with Crippen molar-refractivity contribution < 1.29 is 24.2 Å². The molecule has 10 heteroatoms. The lowest BCUT2D eigenvalue weighted by molar-refractivity contribution is -0.141. The van der Waals surface area contributed by atoms with E-state index in [1.165, 1.54) is 18.3 Å². The minimum absolute atomic E-state index is 0.118. The van der Waals surface area contributed by atoms with E-state index in [9.17, 15) is 19.5 Å². The molecule has 9 nitrogen and oxygen atoms in total. The minimum atomic E-state index is -1.16. The van der Waals surface area contributed by atoms with Crippen molar-refractivity contribution in [3.63, 3.8) is 0 Å². The third-order valence-corrected chi connectivity index (χ3v) is 9.38. The summed E-state index contributed by atoms with van der Waals surface area (Å²) in [5, 5.41) is 14.6. The molecule has 2 heterocycles. The highest BCUT2D eigenvalue weighted by molar-refractivity contribution is 7.14. The van der Waals surface area contributed by atoms with Gasteiger partial charge in [0.1, 0.15) is 17.8 Å². The molecular weight excluding hydrogens is 625 g/mol. The highest BCUT2D eigenvalue weighted by Gasteiger charge is 2.26. The van der Waals surface area contributed by atoms with Crippen molar-refractivity contribution in [2.75, 3.05) is 7.11 Å². The summed E-state index contributed by atoms with van der Waals surface area (Å²) < 4.78 is 5.25. The summed E-state index contributed by atoms with van der Waals surface area (Å²) in [6.45, 7) is 7.58. The zero-order chi connectivity index (χ0) is 34.4. The van der Waals surface area contributed by atoms with Gasteiger partial charge in [-0.2, -0.15) is 0 Å². The van der Waals surface area contributed by atoms with Crippen molar-refractivity contribution in [3.05, 3.63) is 113 Å². The number of thiophene rings is 1. The van der Waals surface area contributed by atoms with Crippen LogP contribution < -0.4 is 15.4 Å². The van der Waals surface area contributed by atoms with E-state index in [4.69, 9.17) is 4.74 Å². The average Bonchev–Trinajstić information content (AvgIpc) is 3.60. The minimum Gasteiger partial charge on any atom is -0.497 e.